The van der Waals surface area contributed by atoms with Gasteiger partial charge in [0.1, 0.15) is 5.41 Å². The van der Waals surface area contributed by atoms with Gasteiger partial charge in [0, 0.05) is 24.8 Å². The molecule has 2 aromatic heterocycles. The predicted octanol–water partition coefficient (Wildman–Crippen LogP) is 2.29. The van der Waals surface area contributed by atoms with Gasteiger partial charge in [-0.1, -0.05) is 32.9 Å². The summed E-state index contributed by atoms with van der Waals surface area (Å²) in [5, 5.41) is 0. The minimum absolute atomic E-state index is 0.397. The Balaban J connectivity index is 2.81. The minimum Gasteiger partial charge on any atom is -0.369 e. The molecule has 4 nitrogen and oxygen atoms in total. The summed E-state index contributed by atoms with van der Waals surface area (Å²) in [4.78, 5) is 20.7. The third kappa shape index (κ3) is 2.07. The second-order valence-corrected chi connectivity index (χ2v) is 5.85. The minimum atomic E-state index is -0.963. The second-order valence-electron chi connectivity index (χ2n) is 5.85. The van der Waals surface area contributed by atoms with Gasteiger partial charge in [-0.25, -0.2) is 0 Å². The molecule has 0 fully saturated rings. The average Bonchev–Trinajstić information content (AvgIpc) is 2.40. The maximum atomic E-state index is 12.4. The molecule has 0 aliphatic rings. The Bertz CT molecular complexity index is 549. The molecule has 2 aromatic rings. The molecule has 0 saturated carbocycles. The van der Waals surface area contributed by atoms with Crippen LogP contribution in [0.5, 0.6) is 0 Å². The van der Waals surface area contributed by atoms with Crippen LogP contribution in [-0.4, -0.2) is 15.9 Å². The van der Waals surface area contributed by atoms with E-state index in [1.807, 2.05) is 45.0 Å². The summed E-state index contributed by atoms with van der Waals surface area (Å²) in [6.07, 6.45) is 6.76. The number of rotatable bonds is 3. The summed E-state index contributed by atoms with van der Waals surface area (Å²) in [6, 6.07) is 7.40. The van der Waals surface area contributed by atoms with Crippen LogP contribution in [0.4, 0.5) is 0 Å². The summed E-state index contributed by atoms with van der Waals surface area (Å²) in [5.41, 5.74) is 6.02. The molecule has 2 rings (SSSR count). The lowest BCUT2D eigenvalue weighted by Gasteiger charge is -2.42. The number of amides is 1. The number of carbonyl (C=O) groups is 1. The smallest absolute Gasteiger partial charge is 0.233 e. The Morgan fingerprint density at radius 2 is 1.45 bits per heavy atom. The zero-order chi connectivity index (χ0) is 14.8. The van der Waals surface area contributed by atoms with Crippen LogP contribution in [0.15, 0.2) is 49.1 Å². The van der Waals surface area contributed by atoms with Crippen LogP contribution < -0.4 is 5.73 Å². The van der Waals surface area contributed by atoms with Crippen molar-refractivity contribution >= 4 is 5.91 Å². The molecule has 4 heteroatoms. The SMILES string of the molecule is CC(C)(C)C(C(N)=O)(c1cccnc1)c1cccnc1. The molecule has 0 bridgehead atoms. The lowest BCUT2D eigenvalue weighted by atomic mass is 9.59. The van der Waals surface area contributed by atoms with Crippen molar-refractivity contribution in [1.82, 2.24) is 9.97 Å². The van der Waals surface area contributed by atoms with Crippen molar-refractivity contribution in [3.8, 4) is 0 Å². The van der Waals surface area contributed by atoms with Crippen LogP contribution in [0.3, 0.4) is 0 Å². The van der Waals surface area contributed by atoms with Crippen molar-refractivity contribution in [3.05, 3.63) is 60.2 Å². The molecule has 104 valence electrons. The van der Waals surface area contributed by atoms with Gasteiger partial charge >= 0.3 is 0 Å². The number of primary amides is 1. The van der Waals surface area contributed by atoms with E-state index >= 15 is 0 Å². The second kappa shape index (κ2) is 5.04. The van der Waals surface area contributed by atoms with E-state index in [-0.39, 0.29) is 0 Å². The number of pyridine rings is 2. The van der Waals surface area contributed by atoms with Crippen LogP contribution in [0, 0.1) is 5.41 Å². The van der Waals surface area contributed by atoms with E-state index in [0.29, 0.717) is 0 Å². The van der Waals surface area contributed by atoms with Crippen molar-refractivity contribution < 1.29 is 4.79 Å². The third-order valence-corrected chi connectivity index (χ3v) is 3.68. The Morgan fingerprint density at radius 3 is 1.70 bits per heavy atom. The molecule has 0 aliphatic carbocycles. The molecule has 2 N–H and O–H groups in total. The van der Waals surface area contributed by atoms with Crippen molar-refractivity contribution in [2.75, 3.05) is 0 Å². The van der Waals surface area contributed by atoms with E-state index in [4.69, 9.17) is 5.73 Å². The first-order chi connectivity index (χ1) is 9.40. The number of nitrogens with two attached hydrogens (primary N) is 1. The van der Waals surface area contributed by atoms with Gasteiger partial charge < -0.3 is 5.73 Å². The van der Waals surface area contributed by atoms with Gasteiger partial charge in [-0.15, -0.1) is 0 Å². The summed E-state index contributed by atoms with van der Waals surface area (Å²) < 4.78 is 0. The number of aromatic nitrogens is 2. The quantitative estimate of drug-likeness (QED) is 0.929. The van der Waals surface area contributed by atoms with E-state index in [1.54, 1.807) is 24.8 Å². The van der Waals surface area contributed by atoms with E-state index in [1.165, 1.54) is 0 Å². The van der Waals surface area contributed by atoms with Crippen LogP contribution in [-0.2, 0) is 10.2 Å². The fourth-order valence-electron chi connectivity index (χ4n) is 2.86. The Hall–Kier alpha value is -2.23. The molecule has 20 heavy (non-hydrogen) atoms. The molecule has 1 amide bonds. The lowest BCUT2D eigenvalue weighted by Crippen LogP contribution is -2.51. The summed E-state index contributed by atoms with van der Waals surface area (Å²) in [7, 11) is 0. The Kier molecular flexibility index (Phi) is 3.57. The van der Waals surface area contributed by atoms with Crippen molar-refractivity contribution in [3.63, 3.8) is 0 Å². The molecule has 0 spiro atoms. The first kappa shape index (κ1) is 14.2. The summed E-state index contributed by atoms with van der Waals surface area (Å²) in [5.74, 6) is -0.397. The summed E-state index contributed by atoms with van der Waals surface area (Å²) >= 11 is 0. The molecule has 0 radical (unpaired) electrons. The molecule has 0 atom stereocenters. The zero-order valence-electron chi connectivity index (χ0n) is 12.0. The van der Waals surface area contributed by atoms with Crippen LogP contribution in [0.25, 0.3) is 0 Å². The first-order valence-electron chi connectivity index (χ1n) is 6.51. The monoisotopic (exact) mass is 269 g/mol. The van der Waals surface area contributed by atoms with Gasteiger partial charge in [0.25, 0.3) is 0 Å². The summed E-state index contributed by atoms with van der Waals surface area (Å²) in [6.45, 7) is 5.99. The fourth-order valence-corrected chi connectivity index (χ4v) is 2.86. The van der Waals surface area contributed by atoms with Gasteiger partial charge in [-0.05, 0) is 28.7 Å². The Morgan fingerprint density at radius 1 is 1.00 bits per heavy atom. The highest BCUT2D eigenvalue weighted by molar-refractivity contribution is 5.91. The molecule has 2 heterocycles. The topological polar surface area (TPSA) is 68.9 Å². The van der Waals surface area contributed by atoms with Crippen molar-refractivity contribution in [2.24, 2.45) is 11.1 Å². The van der Waals surface area contributed by atoms with E-state index in [9.17, 15) is 4.79 Å². The Labute approximate surface area is 119 Å². The molecule has 0 unspecified atom stereocenters. The van der Waals surface area contributed by atoms with Gasteiger partial charge in [0.05, 0.1) is 0 Å². The zero-order valence-corrected chi connectivity index (χ0v) is 12.0. The highest BCUT2D eigenvalue weighted by Gasteiger charge is 2.50. The number of hydrogen-bond acceptors (Lipinski definition) is 3. The maximum absolute atomic E-state index is 12.4. The number of carbonyl (C=O) groups excluding carboxylic acids is 1. The van der Waals surface area contributed by atoms with Gasteiger partial charge in [0.2, 0.25) is 5.91 Å². The van der Waals surface area contributed by atoms with E-state index < -0.39 is 16.7 Å². The molecule has 0 aromatic carbocycles. The number of hydrogen-bond donors (Lipinski definition) is 1. The van der Waals surface area contributed by atoms with Crippen molar-refractivity contribution in [1.29, 1.82) is 0 Å². The largest absolute Gasteiger partial charge is 0.369 e. The molecule has 0 saturated heterocycles. The van der Waals surface area contributed by atoms with Gasteiger partial charge in [-0.3, -0.25) is 14.8 Å². The van der Waals surface area contributed by atoms with Crippen LogP contribution in [0.2, 0.25) is 0 Å². The fraction of sp³-hybridized carbons (Fsp3) is 0.312. The third-order valence-electron chi connectivity index (χ3n) is 3.68. The van der Waals surface area contributed by atoms with Gasteiger partial charge in [-0.2, -0.15) is 0 Å². The molecular weight excluding hydrogens is 250 g/mol. The average molecular weight is 269 g/mol. The first-order valence-corrected chi connectivity index (χ1v) is 6.51. The molecule has 0 aliphatic heterocycles. The highest BCUT2D eigenvalue weighted by Crippen LogP contribution is 2.46. The van der Waals surface area contributed by atoms with Crippen molar-refractivity contribution in [2.45, 2.75) is 26.2 Å². The molecular formula is C16H19N3O. The highest BCUT2D eigenvalue weighted by atomic mass is 16.1. The van der Waals surface area contributed by atoms with Crippen LogP contribution in [0.1, 0.15) is 31.9 Å². The lowest BCUT2D eigenvalue weighted by molar-refractivity contribution is -0.125. The predicted molar refractivity (Wildman–Crippen MR) is 77.9 cm³/mol. The standard InChI is InChI=1S/C16H19N3O/c1-15(2,3)16(14(17)20,12-6-4-8-18-10-12)13-7-5-9-19-11-13/h4-11H,1-3H3,(H2,17,20). The normalized spacial score (nSPS) is 12.2. The van der Waals surface area contributed by atoms with E-state index in [0.717, 1.165) is 11.1 Å². The number of nitrogens with zero attached hydrogens (tertiary/aromatic N) is 2. The van der Waals surface area contributed by atoms with E-state index in [2.05, 4.69) is 9.97 Å². The van der Waals surface area contributed by atoms with Crippen LogP contribution >= 0.6 is 0 Å². The maximum Gasteiger partial charge on any atom is 0.233 e. The van der Waals surface area contributed by atoms with Gasteiger partial charge in [0.15, 0.2) is 0 Å².